The Labute approximate surface area is 187 Å². The zero-order valence-electron chi connectivity index (χ0n) is 17.1. The maximum absolute atomic E-state index is 11.2. The van der Waals surface area contributed by atoms with E-state index in [2.05, 4.69) is 25.6 Å². The predicted octanol–water partition coefficient (Wildman–Crippen LogP) is 4.34. The zero-order chi connectivity index (χ0) is 21.3. The van der Waals surface area contributed by atoms with Crippen LogP contribution in [0.2, 0.25) is 0 Å². The number of halogens is 1. The number of rotatable bonds is 8. The minimum atomic E-state index is -0.814. The van der Waals surface area contributed by atoms with Crippen LogP contribution >= 0.6 is 20.7 Å². The molecule has 3 heterocycles. The highest BCUT2D eigenvalue weighted by atomic mass is 127. The van der Waals surface area contributed by atoms with Crippen molar-refractivity contribution in [3.05, 3.63) is 45.6 Å². The molecule has 158 valence electrons. The maximum Gasteiger partial charge on any atom is 0.247 e. The lowest BCUT2D eigenvalue weighted by Crippen LogP contribution is -2.03. The average Bonchev–Trinajstić information content (AvgIpc) is 3.25. The minimum Gasteiger partial charge on any atom is -0.492 e. The molecule has 0 saturated carbocycles. The van der Waals surface area contributed by atoms with E-state index in [1.165, 1.54) is 6.33 Å². The molecule has 0 bridgehead atoms. The number of ether oxygens (including phenoxy) is 2. The van der Waals surface area contributed by atoms with Crippen LogP contribution in [0, 0.1) is 17.4 Å². The summed E-state index contributed by atoms with van der Waals surface area (Å²) in [5, 5.41) is 5.46. The number of hydrogen-bond donors (Lipinski definition) is 1. The second kappa shape index (κ2) is 8.84. The molecule has 0 aliphatic carbocycles. The predicted molar refractivity (Wildman–Crippen MR) is 130 cm³/mol. The third kappa shape index (κ3) is 4.13. The molecule has 0 amide bonds. The van der Waals surface area contributed by atoms with Gasteiger partial charge >= 0.3 is 0 Å². The Balaban J connectivity index is 1.67. The van der Waals surface area contributed by atoms with E-state index in [0.717, 1.165) is 49.2 Å². The fourth-order valence-corrected chi connectivity index (χ4v) is 5.43. The van der Waals surface area contributed by atoms with Crippen molar-refractivity contribution in [3.63, 3.8) is 0 Å². The number of aromatic nitrogens is 4. The molecule has 0 fully saturated rings. The molecule has 0 radical (unpaired) electrons. The van der Waals surface area contributed by atoms with E-state index < -0.39 is 31.5 Å². The number of hydrogen-bond acceptors (Lipinski definition) is 5. The van der Waals surface area contributed by atoms with Crippen LogP contribution in [0.5, 0.6) is 17.4 Å². The largest absolute Gasteiger partial charge is 0.492 e. The molecule has 1 aromatic carbocycles. The lowest BCUT2D eigenvalue weighted by molar-refractivity contribution is 0.316. The Morgan fingerprint density at radius 1 is 1.30 bits per heavy atom. The quantitative estimate of drug-likeness (QED) is 0.267. The van der Waals surface area contributed by atoms with Gasteiger partial charge in [0.2, 0.25) is 5.88 Å². The molecule has 1 atom stereocenters. The van der Waals surface area contributed by atoms with Crippen LogP contribution in [0.15, 0.2) is 30.7 Å². The number of nitrogens with one attached hydrogen (secondary N) is 1. The third-order valence-corrected chi connectivity index (χ3v) is 7.50. The van der Waals surface area contributed by atoms with Gasteiger partial charge in [0.25, 0.3) is 0 Å². The summed E-state index contributed by atoms with van der Waals surface area (Å²) in [5.41, 5.74) is 3.88. The summed E-state index contributed by atoms with van der Waals surface area (Å²) in [7, 11) is -0.814. The van der Waals surface area contributed by atoms with Crippen LogP contribution in [-0.4, -0.2) is 46.9 Å². The molecule has 7 nitrogen and oxygen atoms in total. The van der Waals surface area contributed by atoms with Crippen LogP contribution in [0.4, 0.5) is 0 Å². The fourth-order valence-electron chi connectivity index (χ4n) is 3.38. The molecule has 9 heteroatoms. The van der Waals surface area contributed by atoms with Gasteiger partial charge in [-0.3, -0.25) is 4.21 Å². The summed E-state index contributed by atoms with van der Waals surface area (Å²) < 4.78 is 30.5. The van der Waals surface area contributed by atoms with Crippen molar-refractivity contribution < 1.29 is 13.7 Å². The van der Waals surface area contributed by atoms with Crippen molar-refractivity contribution in [2.24, 2.45) is 0 Å². The van der Waals surface area contributed by atoms with Gasteiger partial charge in [-0.25, -0.2) is 4.52 Å². The number of aryl methyl sites for hydroxylation is 2. The van der Waals surface area contributed by atoms with Gasteiger partial charge in [0.15, 0.2) is 0 Å². The Bertz CT molecular complexity index is 1260. The normalized spacial score (nSPS) is 12.5. The number of benzene rings is 1. The Morgan fingerprint density at radius 2 is 2.13 bits per heavy atom. The standard InChI is InChI=1S/C21H23IN4O3S/c1-13-10-15-16(25-13)6-7-17(19(15)22-3)29-21-20-14(2)18(11-26(20)24-12-23-21)28-8-5-9-30(4)27/h6-7,10-12,25H,3,5,8-9H2,1-2,4H3. The van der Waals surface area contributed by atoms with Crippen LogP contribution in [0.1, 0.15) is 17.7 Å². The first-order valence-electron chi connectivity index (χ1n) is 9.42. The third-order valence-electron chi connectivity index (χ3n) is 4.76. The van der Waals surface area contributed by atoms with Crippen molar-refractivity contribution in [1.82, 2.24) is 19.6 Å². The van der Waals surface area contributed by atoms with Gasteiger partial charge in [-0.1, -0.05) is 25.2 Å². The van der Waals surface area contributed by atoms with Gasteiger partial charge in [0.05, 0.1) is 16.4 Å². The highest BCUT2D eigenvalue weighted by molar-refractivity contribution is 14.2. The van der Waals surface area contributed by atoms with E-state index in [-0.39, 0.29) is 0 Å². The Hall–Kier alpha value is -2.27. The van der Waals surface area contributed by atoms with Crippen molar-refractivity contribution in [3.8, 4) is 17.4 Å². The average molecular weight is 538 g/mol. The SMILES string of the molecule is C=Ic1c(Oc2ncnn3cc(OCCCS(C)=O)c(C)c23)ccc2[nH]c(C)cc12. The van der Waals surface area contributed by atoms with Gasteiger partial charge in [-0.15, -0.1) is 0 Å². The number of nitrogens with zero attached hydrogens (tertiary/aromatic N) is 3. The van der Waals surface area contributed by atoms with Crippen molar-refractivity contribution in [2.45, 2.75) is 20.3 Å². The summed E-state index contributed by atoms with van der Waals surface area (Å²) in [6, 6.07) is 6.13. The van der Waals surface area contributed by atoms with Gasteiger partial charge in [-0.2, -0.15) is 10.1 Å². The maximum atomic E-state index is 11.2. The molecule has 0 spiro atoms. The van der Waals surface area contributed by atoms with Crippen LogP contribution in [0.25, 0.3) is 16.4 Å². The van der Waals surface area contributed by atoms with Crippen LogP contribution < -0.4 is 9.47 Å². The van der Waals surface area contributed by atoms with Crippen molar-refractivity contribution in [2.75, 3.05) is 18.6 Å². The zero-order valence-corrected chi connectivity index (χ0v) is 20.0. The summed E-state index contributed by atoms with van der Waals surface area (Å²) in [4.78, 5) is 7.76. The molecule has 1 N–H and O–H groups in total. The summed E-state index contributed by atoms with van der Waals surface area (Å²) in [6.45, 7) is 4.51. The summed E-state index contributed by atoms with van der Waals surface area (Å²) >= 11 is -0.457. The number of aromatic amines is 1. The van der Waals surface area contributed by atoms with Gasteiger partial charge in [0, 0.05) is 45.0 Å². The lowest BCUT2D eigenvalue weighted by Gasteiger charge is -2.10. The molecule has 4 aromatic rings. The first-order chi connectivity index (χ1) is 14.5. The Kier molecular flexibility index (Phi) is 6.19. The first kappa shape index (κ1) is 21.0. The Morgan fingerprint density at radius 3 is 2.90 bits per heavy atom. The monoisotopic (exact) mass is 538 g/mol. The molecule has 4 rings (SSSR count). The molecule has 30 heavy (non-hydrogen) atoms. The first-order valence-corrected chi connectivity index (χ1v) is 13.8. The summed E-state index contributed by atoms with van der Waals surface area (Å²) in [6.07, 6.45) is 5.74. The van der Waals surface area contributed by atoms with E-state index in [1.807, 2.05) is 32.2 Å². The smallest absolute Gasteiger partial charge is 0.247 e. The minimum absolute atomic E-state index is 0.457. The van der Waals surface area contributed by atoms with Gasteiger partial charge < -0.3 is 14.5 Å². The van der Waals surface area contributed by atoms with E-state index in [9.17, 15) is 4.21 Å². The molecular formula is C21H23IN4O3S. The van der Waals surface area contributed by atoms with Crippen LogP contribution in [-0.2, 0) is 10.8 Å². The second-order valence-corrected chi connectivity index (χ2v) is 10.4. The lowest BCUT2D eigenvalue weighted by atomic mass is 10.2. The molecule has 0 aliphatic heterocycles. The topological polar surface area (TPSA) is 81.5 Å². The van der Waals surface area contributed by atoms with Gasteiger partial charge in [0.1, 0.15) is 23.3 Å². The van der Waals surface area contributed by atoms with Crippen molar-refractivity contribution >= 4 is 52.5 Å². The molecule has 0 aliphatic rings. The molecular weight excluding hydrogens is 515 g/mol. The van der Waals surface area contributed by atoms with Gasteiger partial charge in [-0.05, 0) is 38.5 Å². The van der Waals surface area contributed by atoms with Crippen LogP contribution in [0.3, 0.4) is 0 Å². The number of fused-ring (bicyclic) bond motifs is 2. The second-order valence-electron chi connectivity index (χ2n) is 6.98. The summed E-state index contributed by atoms with van der Waals surface area (Å²) in [5.74, 6) is 2.61. The highest BCUT2D eigenvalue weighted by Crippen LogP contribution is 2.37. The number of H-pyrrole nitrogens is 1. The van der Waals surface area contributed by atoms with Crippen molar-refractivity contribution in [1.29, 1.82) is 0 Å². The highest BCUT2D eigenvalue weighted by Gasteiger charge is 2.17. The molecule has 1 unspecified atom stereocenters. The molecule has 3 aromatic heterocycles. The van der Waals surface area contributed by atoms with E-state index in [4.69, 9.17) is 9.47 Å². The van der Waals surface area contributed by atoms with E-state index in [0.29, 0.717) is 18.2 Å². The molecule has 0 saturated heterocycles. The van der Waals surface area contributed by atoms with E-state index >= 15 is 0 Å². The van der Waals surface area contributed by atoms with E-state index in [1.54, 1.807) is 10.8 Å². The fraction of sp³-hybridized carbons (Fsp3) is 0.286.